The molecule has 0 unspecified atom stereocenters. The minimum absolute atomic E-state index is 0.0481. The van der Waals surface area contributed by atoms with Crippen molar-refractivity contribution in [3.05, 3.63) is 34.9 Å². The fourth-order valence-corrected chi connectivity index (χ4v) is 2.43. The standard InChI is InChI=1S/C15H19ClN2O3/c1-15(21)5-7-18(8-6-15)13(19)10-17-14(20)11-3-2-4-12(16)9-11/h2-4,9,21H,5-8,10H2,1H3,(H,17,20). The lowest BCUT2D eigenvalue weighted by Crippen LogP contribution is -2.48. The van der Waals surface area contributed by atoms with Gasteiger partial charge in [0.2, 0.25) is 5.91 Å². The summed E-state index contributed by atoms with van der Waals surface area (Å²) in [4.78, 5) is 25.6. The highest BCUT2D eigenvalue weighted by Gasteiger charge is 2.29. The summed E-state index contributed by atoms with van der Waals surface area (Å²) < 4.78 is 0. The Bertz CT molecular complexity index is 535. The molecule has 21 heavy (non-hydrogen) atoms. The minimum atomic E-state index is -0.694. The van der Waals surface area contributed by atoms with Gasteiger partial charge in [-0.3, -0.25) is 9.59 Å². The van der Waals surface area contributed by atoms with Crippen LogP contribution in [0.25, 0.3) is 0 Å². The molecule has 1 heterocycles. The number of hydrogen-bond acceptors (Lipinski definition) is 3. The number of aliphatic hydroxyl groups is 1. The molecule has 2 rings (SSSR count). The van der Waals surface area contributed by atoms with Crippen molar-refractivity contribution in [3.8, 4) is 0 Å². The van der Waals surface area contributed by atoms with E-state index in [0.717, 1.165) is 0 Å². The molecule has 2 N–H and O–H groups in total. The average Bonchev–Trinajstić information content (AvgIpc) is 2.44. The lowest BCUT2D eigenvalue weighted by Gasteiger charge is -2.35. The van der Waals surface area contributed by atoms with Crippen LogP contribution in [0.1, 0.15) is 30.1 Å². The molecular weight excluding hydrogens is 292 g/mol. The van der Waals surface area contributed by atoms with Crippen molar-refractivity contribution in [2.45, 2.75) is 25.4 Å². The summed E-state index contributed by atoms with van der Waals surface area (Å²) in [6.07, 6.45) is 1.11. The van der Waals surface area contributed by atoms with Gasteiger partial charge in [-0.25, -0.2) is 0 Å². The number of halogens is 1. The summed E-state index contributed by atoms with van der Waals surface area (Å²) in [6.45, 7) is 2.75. The van der Waals surface area contributed by atoms with Crippen molar-refractivity contribution < 1.29 is 14.7 Å². The van der Waals surface area contributed by atoms with Gasteiger partial charge in [-0.1, -0.05) is 17.7 Å². The van der Waals surface area contributed by atoms with Gasteiger partial charge >= 0.3 is 0 Å². The van der Waals surface area contributed by atoms with Crippen LogP contribution in [0.15, 0.2) is 24.3 Å². The van der Waals surface area contributed by atoms with Crippen LogP contribution in [0.4, 0.5) is 0 Å². The predicted octanol–water partition coefficient (Wildman–Crippen LogP) is 1.44. The number of hydrogen-bond donors (Lipinski definition) is 2. The molecule has 1 saturated heterocycles. The molecule has 0 spiro atoms. The van der Waals surface area contributed by atoms with Gasteiger partial charge in [-0.05, 0) is 38.0 Å². The van der Waals surface area contributed by atoms with E-state index in [9.17, 15) is 14.7 Å². The quantitative estimate of drug-likeness (QED) is 0.887. The molecule has 0 aliphatic carbocycles. The van der Waals surface area contributed by atoms with Crippen LogP contribution in [0, 0.1) is 0 Å². The second-order valence-corrected chi connectivity index (χ2v) is 6.01. The maximum absolute atomic E-state index is 12.0. The van der Waals surface area contributed by atoms with Crippen molar-refractivity contribution in [1.29, 1.82) is 0 Å². The number of likely N-dealkylation sites (tertiary alicyclic amines) is 1. The van der Waals surface area contributed by atoms with Crippen molar-refractivity contribution >= 4 is 23.4 Å². The van der Waals surface area contributed by atoms with Gasteiger partial charge in [0.15, 0.2) is 0 Å². The Balaban J connectivity index is 1.83. The molecule has 1 aromatic carbocycles. The summed E-state index contributed by atoms with van der Waals surface area (Å²) in [5.74, 6) is -0.462. The first kappa shape index (κ1) is 15.8. The number of nitrogens with zero attached hydrogens (tertiary/aromatic N) is 1. The molecule has 0 radical (unpaired) electrons. The van der Waals surface area contributed by atoms with Crippen LogP contribution in [0.3, 0.4) is 0 Å². The second kappa shape index (κ2) is 6.45. The zero-order valence-corrected chi connectivity index (χ0v) is 12.7. The van der Waals surface area contributed by atoms with Crippen LogP contribution < -0.4 is 5.32 Å². The second-order valence-electron chi connectivity index (χ2n) is 5.57. The summed E-state index contributed by atoms with van der Waals surface area (Å²) >= 11 is 5.82. The lowest BCUT2D eigenvalue weighted by atomic mass is 9.94. The van der Waals surface area contributed by atoms with E-state index in [2.05, 4.69) is 5.32 Å². The molecule has 1 aliphatic rings. The molecule has 1 fully saturated rings. The molecule has 5 nitrogen and oxygen atoms in total. The van der Waals surface area contributed by atoms with Crippen LogP contribution in [-0.4, -0.2) is 47.1 Å². The van der Waals surface area contributed by atoms with E-state index in [1.54, 1.807) is 36.1 Å². The Morgan fingerprint density at radius 3 is 2.67 bits per heavy atom. The van der Waals surface area contributed by atoms with Gasteiger partial charge in [0.05, 0.1) is 12.1 Å². The fourth-order valence-electron chi connectivity index (χ4n) is 2.24. The third-order valence-electron chi connectivity index (χ3n) is 3.68. The summed E-state index contributed by atoms with van der Waals surface area (Å²) in [6, 6.07) is 6.57. The van der Waals surface area contributed by atoms with Gasteiger partial charge in [-0.2, -0.15) is 0 Å². The van der Waals surface area contributed by atoms with Crippen molar-refractivity contribution in [2.24, 2.45) is 0 Å². The number of carbonyl (C=O) groups excluding carboxylic acids is 2. The van der Waals surface area contributed by atoms with Crippen LogP contribution in [0.5, 0.6) is 0 Å². The van der Waals surface area contributed by atoms with E-state index in [1.807, 2.05) is 0 Å². The molecule has 1 aromatic rings. The summed E-state index contributed by atoms with van der Waals surface area (Å²) in [5.41, 5.74) is -0.266. The van der Waals surface area contributed by atoms with E-state index in [-0.39, 0.29) is 18.4 Å². The fraction of sp³-hybridized carbons (Fsp3) is 0.467. The summed E-state index contributed by atoms with van der Waals surface area (Å²) in [5, 5.41) is 12.9. The molecule has 1 aliphatic heterocycles. The zero-order chi connectivity index (χ0) is 15.5. The maximum Gasteiger partial charge on any atom is 0.251 e. The molecule has 2 amide bonds. The first-order valence-electron chi connectivity index (χ1n) is 6.91. The van der Waals surface area contributed by atoms with Gasteiger partial charge in [-0.15, -0.1) is 0 Å². The maximum atomic E-state index is 12.0. The number of nitrogens with one attached hydrogen (secondary N) is 1. The highest BCUT2D eigenvalue weighted by atomic mass is 35.5. The monoisotopic (exact) mass is 310 g/mol. The van der Waals surface area contributed by atoms with E-state index < -0.39 is 5.60 Å². The Hall–Kier alpha value is -1.59. The average molecular weight is 311 g/mol. The van der Waals surface area contributed by atoms with Crippen molar-refractivity contribution in [3.63, 3.8) is 0 Å². The molecule has 0 bridgehead atoms. The highest BCUT2D eigenvalue weighted by Crippen LogP contribution is 2.20. The first-order chi connectivity index (χ1) is 9.87. The molecule has 0 saturated carbocycles. The number of carbonyl (C=O) groups is 2. The number of piperidine rings is 1. The zero-order valence-electron chi connectivity index (χ0n) is 11.9. The van der Waals surface area contributed by atoms with Gasteiger partial charge in [0, 0.05) is 23.7 Å². The van der Waals surface area contributed by atoms with Gasteiger partial charge < -0.3 is 15.3 Å². The van der Waals surface area contributed by atoms with Gasteiger partial charge in [0.25, 0.3) is 5.91 Å². The summed E-state index contributed by atoms with van der Waals surface area (Å²) in [7, 11) is 0. The number of rotatable bonds is 3. The van der Waals surface area contributed by atoms with Crippen LogP contribution in [-0.2, 0) is 4.79 Å². The Labute approximate surface area is 128 Å². The Morgan fingerprint density at radius 1 is 1.38 bits per heavy atom. The van der Waals surface area contributed by atoms with E-state index >= 15 is 0 Å². The van der Waals surface area contributed by atoms with Gasteiger partial charge in [0.1, 0.15) is 0 Å². The predicted molar refractivity (Wildman–Crippen MR) is 80.2 cm³/mol. The van der Waals surface area contributed by atoms with E-state index in [4.69, 9.17) is 11.6 Å². The van der Waals surface area contributed by atoms with E-state index in [1.165, 1.54) is 0 Å². The SMILES string of the molecule is CC1(O)CCN(C(=O)CNC(=O)c2cccc(Cl)c2)CC1. The largest absolute Gasteiger partial charge is 0.390 e. The Morgan fingerprint density at radius 2 is 2.05 bits per heavy atom. The molecule has 6 heteroatoms. The number of benzene rings is 1. The minimum Gasteiger partial charge on any atom is -0.390 e. The first-order valence-corrected chi connectivity index (χ1v) is 7.29. The highest BCUT2D eigenvalue weighted by molar-refractivity contribution is 6.30. The molecule has 114 valence electrons. The Kier molecular flexibility index (Phi) is 4.85. The normalized spacial score (nSPS) is 17.4. The lowest BCUT2D eigenvalue weighted by molar-refractivity contribution is -0.133. The van der Waals surface area contributed by atoms with Crippen LogP contribution in [0.2, 0.25) is 5.02 Å². The third-order valence-corrected chi connectivity index (χ3v) is 3.92. The van der Waals surface area contributed by atoms with Crippen molar-refractivity contribution in [2.75, 3.05) is 19.6 Å². The topological polar surface area (TPSA) is 69.6 Å². The molecule has 0 aromatic heterocycles. The smallest absolute Gasteiger partial charge is 0.251 e. The van der Waals surface area contributed by atoms with E-state index in [0.29, 0.717) is 36.5 Å². The number of amides is 2. The van der Waals surface area contributed by atoms with Crippen LogP contribution >= 0.6 is 11.6 Å². The molecule has 0 atom stereocenters. The molecular formula is C15H19ClN2O3. The van der Waals surface area contributed by atoms with Crippen molar-refractivity contribution in [1.82, 2.24) is 10.2 Å². The third kappa shape index (κ3) is 4.44.